The van der Waals surface area contributed by atoms with Gasteiger partial charge in [-0.1, -0.05) is 0 Å². The van der Waals surface area contributed by atoms with Gasteiger partial charge in [0.05, 0.1) is 10.6 Å². The number of anilines is 1. The minimum absolute atomic E-state index is 0.0145. The highest BCUT2D eigenvalue weighted by molar-refractivity contribution is 8.01. The quantitative estimate of drug-likeness (QED) is 0.864. The van der Waals surface area contributed by atoms with Crippen LogP contribution in [0.4, 0.5) is 13.9 Å². The van der Waals surface area contributed by atoms with Gasteiger partial charge in [-0.25, -0.2) is 13.8 Å². The fourth-order valence-corrected chi connectivity index (χ4v) is 5.50. The number of nitrogens with zero attached hydrogens (tertiary/aromatic N) is 2. The van der Waals surface area contributed by atoms with E-state index in [1.165, 1.54) is 0 Å². The molecule has 1 aromatic heterocycles. The number of carbonyl (C=O) groups is 2. The number of hydrogen-bond acceptors (Lipinski definition) is 5. The maximum absolute atomic E-state index is 13.9. The van der Waals surface area contributed by atoms with Crippen LogP contribution in [0.5, 0.6) is 0 Å². The predicted molar refractivity (Wildman–Crippen MR) is 96.8 cm³/mol. The minimum atomic E-state index is -0.583. The molecule has 136 valence electrons. The van der Waals surface area contributed by atoms with Gasteiger partial charge in [-0.05, 0) is 31.5 Å². The van der Waals surface area contributed by atoms with Crippen molar-refractivity contribution in [3.8, 4) is 11.3 Å². The Hall–Kier alpha value is -2.00. The van der Waals surface area contributed by atoms with Crippen molar-refractivity contribution in [1.29, 1.82) is 0 Å². The number of fused-ring (bicyclic) bond motifs is 1. The van der Waals surface area contributed by atoms with E-state index in [1.807, 2.05) is 6.92 Å². The minimum Gasteiger partial charge on any atom is -0.315 e. The third-order valence-corrected chi connectivity index (χ3v) is 6.95. The van der Waals surface area contributed by atoms with Crippen molar-refractivity contribution in [2.45, 2.75) is 30.7 Å². The molecule has 2 atom stereocenters. The van der Waals surface area contributed by atoms with Crippen LogP contribution in [0.2, 0.25) is 0 Å². The number of aromatic nitrogens is 1. The molecular weight excluding hydrogens is 380 g/mol. The standard InChI is InChI=1S/C17H15F2N3O2S2/c1-17-5-4-14(23)22(17)13(8-26-17)15(24)21-16-20-12(7-25-16)10-6-9(18)2-3-11(10)19/h2-3,6-7,13H,4-5,8H2,1H3,(H,20,21,24)/t13-,17-/m1/s1. The van der Waals surface area contributed by atoms with Crippen molar-refractivity contribution in [3.63, 3.8) is 0 Å². The lowest BCUT2D eigenvalue weighted by Gasteiger charge is -2.29. The number of thiazole rings is 1. The van der Waals surface area contributed by atoms with E-state index in [0.29, 0.717) is 17.3 Å². The number of rotatable bonds is 3. The highest BCUT2D eigenvalue weighted by Crippen LogP contribution is 2.47. The predicted octanol–water partition coefficient (Wildman–Crippen LogP) is 3.48. The summed E-state index contributed by atoms with van der Waals surface area (Å²) in [7, 11) is 0. The van der Waals surface area contributed by atoms with E-state index in [-0.39, 0.29) is 27.9 Å². The molecule has 5 nitrogen and oxygen atoms in total. The van der Waals surface area contributed by atoms with Gasteiger partial charge in [0.2, 0.25) is 11.8 Å². The molecule has 0 radical (unpaired) electrons. The third-order valence-electron chi connectivity index (χ3n) is 4.69. The monoisotopic (exact) mass is 395 g/mol. The molecule has 0 saturated carbocycles. The van der Waals surface area contributed by atoms with Crippen LogP contribution in [0.3, 0.4) is 0 Å². The maximum atomic E-state index is 13.9. The van der Waals surface area contributed by atoms with E-state index in [4.69, 9.17) is 0 Å². The Morgan fingerprint density at radius 2 is 2.23 bits per heavy atom. The molecule has 0 spiro atoms. The van der Waals surface area contributed by atoms with Crippen LogP contribution < -0.4 is 5.32 Å². The van der Waals surface area contributed by atoms with Gasteiger partial charge >= 0.3 is 0 Å². The first-order chi connectivity index (χ1) is 12.4. The molecule has 0 aliphatic carbocycles. The normalized spacial score (nSPS) is 24.8. The lowest BCUT2D eigenvalue weighted by atomic mass is 10.1. The van der Waals surface area contributed by atoms with Crippen LogP contribution >= 0.6 is 23.1 Å². The summed E-state index contributed by atoms with van der Waals surface area (Å²) < 4.78 is 27.2. The summed E-state index contributed by atoms with van der Waals surface area (Å²) in [6, 6.07) is 2.60. The van der Waals surface area contributed by atoms with Crippen LogP contribution in [-0.2, 0) is 9.59 Å². The Labute approximate surface area is 156 Å². The van der Waals surface area contributed by atoms with E-state index < -0.39 is 17.7 Å². The van der Waals surface area contributed by atoms with Crippen LogP contribution in [0, 0.1) is 11.6 Å². The number of benzene rings is 1. The van der Waals surface area contributed by atoms with E-state index in [9.17, 15) is 18.4 Å². The maximum Gasteiger partial charge on any atom is 0.249 e. The van der Waals surface area contributed by atoms with Gasteiger partial charge in [-0.2, -0.15) is 0 Å². The number of hydrogen-bond donors (Lipinski definition) is 1. The smallest absolute Gasteiger partial charge is 0.249 e. The average molecular weight is 395 g/mol. The summed E-state index contributed by atoms with van der Waals surface area (Å²) in [4.78, 5) is 30.3. The van der Waals surface area contributed by atoms with Crippen LogP contribution in [0.1, 0.15) is 19.8 Å². The topological polar surface area (TPSA) is 62.3 Å². The first-order valence-electron chi connectivity index (χ1n) is 8.05. The Kier molecular flexibility index (Phi) is 4.23. The summed E-state index contributed by atoms with van der Waals surface area (Å²) in [5.74, 6) is -0.934. The molecule has 2 saturated heterocycles. The zero-order valence-electron chi connectivity index (χ0n) is 13.8. The van der Waals surface area contributed by atoms with Gasteiger partial charge in [0.15, 0.2) is 5.13 Å². The Balaban J connectivity index is 1.52. The van der Waals surface area contributed by atoms with E-state index >= 15 is 0 Å². The molecule has 0 unspecified atom stereocenters. The molecule has 26 heavy (non-hydrogen) atoms. The Bertz CT molecular complexity index is 904. The van der Waals surface area contributed by atoms with Crippen molar-refractivity contribution in [2.75, 3.05) is 11.1 Å². The molecule has 1 N–H and O–H groups in total. The van der Waals surface area contributed by atoms with Gasteiger partial charge in [0.25, 0.3) is 0 Å². The number of amides is 2. The number of thioether (sulfide) groups is 1. The second-order valence-corrected chi connectivity index (χ2v) is 8.78. The molecule has 2 aliphatic rings. The van der Waals surface area contributed by atoms with Gasteiger partial charge in [0, 0.05) is 23.1 Å². The molecule has 2 aromatic rings. The molecule has 1 aromatic carbocycles. The average Bonchev–Trinajstić information content (AvgIpc) is 3.26. The molecule has 9 heteroatoms. The van der Waals surface area contributed by atoms with Crippen molar-refractivity contribution < 1.29 is 18.4 Å². The zero-order chi connectivity index (χ0) is 18.5. The highest BCUT2D eigenvalue weighted by atomic mass is 32.2. The van der Waals surface area contributed by atoms with Crippen molar-refractivity contribution in [2.24, 2.45) is 0 Å². The lowest BCUT2D eigenvalue weighted by Crippen LogP contribution is -2.48. The molecule has 2 amide bonds. The summed E-state index contributed by atoms with van der Waals surface area (Å²) in [5.41, 5.74) is 0.297. The second kappa shape index (κ2) is 6.31. The van der Waals surface area contributed by atoms with Gasteiger partial charge in [-0.15, -0.1) is 23.1 Å². The largest absolute Gasteiger partial charge is 0.315 e. The van der Waals surface area contributed by atoms with Gasteiger partial charge in [-0.3, -0.25) is 9.59 Å². The van der Waals surface area contributed by atoms with Crippen LogP contribution in [0.25, 0.3) is 11.3 Å². The first kappa shape index (κ1) is 17.4. The van der Waals surface area contributed by atoms with E-state index in [0.717, 1.165) is 36.0 Å². The molecule has 4 rings (SSSR count). The van der Waals surface area contributed by atoms with Gasteiger partial charge in [0.1, 0.15) is 17.7 Å². The summed E-state index contributed by atoms with van der Waals surface area (Å²) in [5, 5.41) is 4.55. The summed E-state index contributed by atoms with van der Waals surface area (Å²) in [6.07, 6.45) is 1.19. The van der Waals surface area contributed by atoms with Gasteiger partial charge < -0.3 is 10.2 Å². The van der Waals surface area contributed by atoms with Crippen LogP contribution in [-0.4, -0.2) is 38.4 Å². The van der Waals surface area contributed by atoms with Crippen molar-refractivity contribution >= 4 is 40.0 Å². The SMILES string of the molecule is C[C@@]12CCC(=O)N1[C@@H](C(=O)Nc1nc(-c3cc(F)ccc3F)cs1)CS2. The third kappa shape index (κ3) is 2.88. The van der Waals surface area contributed by atoms with Crippen LogP contribution in [0.15, 0.2) is 23.6 Å². The first-order valence-corrected chi connectivity index (χ1v) is 9.92. The molecule has 2 fully saturated rings. The van der Waals surface area contributed by atoms with Crippen molar-refractivity contribution in [3.05, 3.63) is 35.2 Å². The Morgan fingerprint density at radius 3 is 3.04 bits per heavy atom. The zero-order valence-corrected chi connectivity index (χ0v) is 15.4. The fraction of sp³-hybridized carbons (Fsp3) is 0.353. The number of carbonyl (C=O) groups excluding carboxylic acids is 2. The number of halogens is 2. The molecule has 2 aliphatic heterocycles. The van der Waals surface area contributed by atoms with E-state index in [1.54, 1.807) is 22.0 Å². The summed E-state index contributed by atoms with van der Waals surface area (Å²) in [6.45, 7) is 1.98. The lowest BCUT2D eigenvalue weighted by molar-refractivity contribution is -0.135. The fourth-order valence-electron chi connectivity index (χ4n) is 3.35. The molecule has 0 bridgehead atoms. The molecular formula is C17H15F2N3O2S2. The highest BCUT2D eigenvalue weighted by Gasteiger charge is 2.52. The Morgan fingerprint density at radius 1 is 1.42 bits per heavy atom. The second-order valence-electron chi connectivity index (χ2n) is 6.42. The molecule has 3 heterocycles. The number of nitrogens with one attached hydrogen (secondary N) is 1. The van der Waals surface area contributed by atoms with E-state index in [2.05, 4.69) is 10.3 Å². The van der Waals surface area contributed by atoms with Crippen molar-refractivity contribution in [1.82, 2.24) is 9.88 Å². The summed E-state index contributed by atoms with van der Waals surface area (Å²) >= 11 is 2.74.